The lowest BCUT2D eigenvalue weighted by Gasteiger charge is -2.39. The van der Waals surface area contributed by atoms with Crippen molar-refractivity contribution >= 4 is 0 Å². The smallest absolute Gasteiger partial charge is 0.0700 e. The van der Waals surface area contributed by atoms with Crippen molar-refractivity contribution in [3.8, 4) is 0 Å². The van der Waals surface area contributed by atoms with Gasteiger partial charge in [-0.15, -0.1) is 0 Å². The molecule has 0 spiro atoms. The minimum absolute atomic E-state index is 0.312. The number of piperidine rings is 1. The van der Waals surface area contributed by atoms with Crippen LogP contribution in [0.25, 0.3) is 0 Å². The Labute approximate surface area is 132 Å². The molecule has 2 aliphatic heterocycles. The Morgan fingerprint density at radius 1 is 0.905 bits per heavy atom. The molecule has 2 aliphatic rings. The zero-order chi connectivity index (χ0) is 15.0. The summed E-state index contributed by atoms with van der Waals surface area (Å²) in [6.45, 7) is 5.80. The van der Waals surface area contributed by atoms with E-state index in [-0.39, 0.29) is 5.60 Å². The monoisotopic (exact) mass is 295 g/mol. The van der Waals surface area contributed by atoms with Gasteiger partial charge in [-0.3, -0.25) is 0 Å². The van der Waals surface area contributed by atoms with E-state index in [1.165, 1.54) is 77.2 Å². The van der Waals surface area contributed by atoms with Crippen LogP contribution in [0, 0.1) is 5.92 Å². The third kappa shape index (κ3) is 5.56. The van der Waals surface area contributed by atoms with E-state index in [0.29, 0.717) is 5.92 Å². The number of aliphatic hydroxyl groups is 1. The molecule has 2 heterocycles. The number of rotatable bonds is 11. The maximum Gasteiger partial charge on any atom is 0.0700 e. The normalized spacial score (nSPS) is 31.7. The second kappa shape index (κ2) is 9.15. The van der Waals surface area contributed by atoms with Gasteiger partial charge in [0, 0.05) is 19.0 Å². The lowest BCUT2D eigenvalue weighted by molar-refractivity contribution is -0.0526. The molecule has 124 valence electrons. The standard InChI is InChI=1S/C19H37NO/c1-2-3-4-5-6-7-8-9-10-11-13-19(21)14-16-20-15-12-18(19)17-20/h18,21H,2-17H2,1H3. The molecule has 2 rings (SSSR count). The molecule has 1 N–H and O–H groups in total. The summed E-state index contributed by atoms with van der Waals surface area (Å²) in [5.74, 6) is 0.574. The van der Waals surface area contributed by atoms with Gasteiger partial charge in [-0.2, -0.15) is 0 Å². The third-order valence-electron chi connectivity index (χ3n) is 5.86. The second-order valence-electron chi connectivity index (χ2n) is 7.57. The first kappa shape index (κ1) is 17.3. The van der Waals surface area contributed by atoms with Crippen molar-refractivity contribution < 1.29 is 5.11 Å². The fraction of sp³-hybridized carbons (Fsp3) is 1.00. The highest BCUT2D eigenvalue weighted by Gasteiger charge is 2.43. The van der Waals surface area contributed by atoms with E-state index in [0.717, 1.165) is 25.9 Å². The topological polar surface area (TPSA) is 23.5 Å². The van der Waals surface area contributed by atoms with E-state index < -0.39 is 0 Å². The highest BCUT2D eigenvalue weighted by atomic mass is 16.3. The summed E-state index contributed by atoms with van der Waals surface area (Å²) in [7, 11) is 0. The molecule has 3 unspecified atom stereocenters. The summed E-state index contributed by atoms with van der Waals surface area (Å²) in [6, 6.07) is 0. The molecule has 2 fully saturated rings. The van der Waals surface area contributed by atoms with Crippen LogP contribution in [0.3, 0.4) is 0 Å². The largest absolute Gasteiger partial charge is 0.390 e. The van der Waals surface area contributed by atoms with Gasteiger partial charge in [-0.1, -0.05) is 71.1 Å². The molecule has 21 heavy (non-hydrogen) atoms. The summed E-state index contributed by atoms with van der Waals surface area (Å²) in [6.07, 6.45) is 17.1. The van der Waals surface area contributed by atoms with Gasteiger partial charge >= 0.3 is 0 Å². The van der Waals surface area contributed by atoms with E-state index in [2.05, 4.69) is 11.8 Å². The third-order valence-corrected chi connectivity index (χ3v) is 5.86. The van der Waals surface area contributed by atoms with Crippen LogP contribution in [-0.2, 0) is 0 Å². The number of nitrogens with zero attached hydrogens (tertiary/aromatic N) is 1. The van der Waals surface area contributed by atoms with Crippen LogP contribution in [0.15, 0.2) is 0 Å². The lowest BCUT2D eigenvalue weighted by Crippen LogP contribution is -2.46. The van der Waals surface area contributed by atoms with E-state index in [1.807, 2.05) is 0 Å². The van der Waals surface area contributed by atoms with Gasteiger partial charge < -0.3 is 10.0 Å². The summed E-state index contributed by atoms with van der Waals surface area (Å²) in [4.78, 5) is 2.53. The number of hydrogen-bond donors (Lipinski definition) is 1. The van der Waals surface area contributed by atoms with Gasteiger partial charge in [0.1, 0.15) is 0 Å². The molecule has 2 saturated heterocycles. The van der Waals surface area contributed by atoms with Crippen LogP contribution >= 0.6 is 0 Å². The first-order valence-corrected chi connectivity index (χ1v) is 9.69. The van der Waals surface area contributed by atoms with Crippen LogP contribution in [0.1, 0.15) is 90.4 Å². The average molecular weight is 296 g/mol. The van der Waals surface area contributed by atoms with Gasteiger partial charge in [-0.05, 0) is 25.8 Å². The minimum Gasteiger partial charge on any atom is -0.390 e. The van der Waals surface area contributed by atoms with Crippen LogP contribution in [0.2, 0.25) is 0 Å². The van der Waals surface area contributed by atoms with Gasteiger partial charge in [-0.25, -0.2) is 0 Å². The molecule has 2 bridgehead atoms. The summed E-state index contributed by atoms with van der Waals surface area (Å²) < 4.78 is 0. The molecular weight excluding hydrogens is 258 g/mol. The Balaban J connectivity index is 1.44. The second-order valence-corrected chi connectivity index (χ2v) is 7.57. The Morgan fingerprint density at radius 3 is 2.19 bits per heavy atom. The van der Waals surface area contributed by atoms with Crippen molar-refractivity contribution in [2.24, 2.45) is 5.92 Å². The summed E-state index contributed by atoms with van der Waals surface area (Å²) in [5.41, 5.74) is -0.312. The molecule has 0 aromatic rings. The molecule has 0 radical (unpaired) electrons. The lowest BCUT2D eigenvalue weighted by atomic mass is 9.78. The molecule has 0 amide bonds. The molecule has 2 heteroatoms. The van der Waals surface area contributed by atoms with E-state index >= 15 is 0 Å². The zero-order valence-corrected chi connectivity index (χ0v) is 14.3. The zero-order valence-electron chi connectivity index (χ0n) is 14.3. The Hall–Kier alpha value is -0.0800. The van der Waals surface area contributed by atoms with E-state index in [1.54, 1.807) is 0 Å². The molecule has 3 atom stereocenters. The fourth-order valence-electron chi connectivity index (χ4n) is 4.28. The maximum absolute atomic E-state index is 10.9. The van der Waals surface area contributed by atoms with Crippen molar-refractivity contribution in [2.45, 2.75) is 96.0 Å². The van der Waals surface area contributed by atoms with E-state index in [4.69, 9.17) is 0 Å². The van der Waals surface area contributed by atoms with E-state index in [9.17, 15) is 5.11 Å². The summed E-state index contributed by atoms with van der Waals surface area (Å²) in [5, 5.41) is 10.9. The summed E-state index contributed by atoms with van der Waals surface area (Å²) >= 11 is 0. The molecule has 0 saturated carbocycles. The minimum atomic E-state index is -0.312. The molecule has 0 aliphatic carbocycles. The van der Waals surface area contributed by atoms with Crippen LogP contribution in [0.4, 0.5) is 0 Å². The molecule has 2 nitrogen and oxygen atoms in total. The molecule has 0 aromatic carbocycles. The van der Waals surface area contributed by atoms with Crippen molar-refractivity contribution in [2.75, 3.05) is 19.6 Å². The SMILES string of the molecule is CCCCCCCCCCCCC1(O)CCN2CCC1C2. The highest BCUT2D eigenvalue weighted by molar-refractivity contribution is 4.97. The molecule has 0 aromatic heterocycles. The van der Waals surface area contributed by atoms with Crippen molar-refractivity contribution in [1.82, 2.24) is 4.90 Å². The highest BCUT2D eigenvalue weighted by Crippen LogP contribution is 2.38. The van der Waals surface area contributed by atoms with Crippen LogP contribution < -0.4 is 0 Å². The quantitative estimate of drug-likeness (QED) is 0.556. The number of fused-ring (bicyclic) bond motifs is 2. The molecular formula is C19H37NO. The Morgan fingerprint density at radius 2 is 1.52 bits per heavy atom. The van der Waals surface area contributed by atoms with Crippen LogP contribution in [-0.4, -0.2) is 35.2 Å². The van der Waals surface area contributed by atoms with Crippen LogP contribution in [0.5, 0.6) is 0 Å². The maximum atomic E-state index is 10.9. The first-order valence-electron chi connectivity index (χ1n) is 9.69. The van der Waals surface area contributed by atoms with Gasteiger partial charge in [0.25, 0.3) is 0 Å². The predicted molar refractivity (Wildman–Crippen MR) is 90.6 cm³/mol. The Kier molecular flexibility index (Phi) is 7.53. The van der Waals surface area contributed by atoms with Gasteiger partial charge in [0.05, 0.1) is 5.60 Å². The van der Waals surface area contributed by atoms with Gasteiger partial charge in [0.15, 0.2) is 0 Å². The Bertz CT molecular complexity index is 281. The van der Waals surface area contributed by atoms with Crippen molar-refractivity contribution in [1.29, 1.82) is 0 Å². The number of hydrogen-bond acceptors (Lipinski definition) is 2. The fourth-order valence-corrected chi connectivity index (χ4v) is 4.28. The predicted octanol–water partition coefficient (Wildman–Crippen LogP) is 4.75. The van der Waals surface area contributed by atoms with Crippen molar-refractivity contribution in [3.05, 3.63) is 0 Å². The first-order chi connectivity index (χ1) is 10.2. The van der Waals surface area contributed by atoms with Crippen molar-refractivity contribution in [3.63, 3.8) is 0 Å². The number of unbranched alkanes of at least 4 members (excludes halogenated alkanes) is 9. The average Bonchev–Trinajstić information content (AvgIpc) is 2.91. The van der Waals surface area contributed by atoms with Gasteiger partial charge in [0.2, 0.25) is 0 Å².